The van der Waals surface area contributed by atoms with E-state index in [9.17, 15) is 14.0 Å². The zero-order chi connectivity index (χ0) is 15.6. The summed E-state index contributed by atoms with van der Waals surface area (Å²) in [4.78, 5) is 24.8. The van der Waals surface area contributed by atoms with Gasteiger partial charge in [-0.2, -0.15) is 0 Å². The second-order valence-corrected chi connectivity index (χ2v) is 5.35. The molecule has 0 saturated carbocycles. The minimum atomic E-state index is -0.641. The number of hydrogen-bond acceptors (Lipinski definition) is 4. The molecule has 1 aromatic carbocycles. The van der Waals surface area contributed by atoms with Crippen LogP contribution < -0.4 is 4.74 Å². The van der Waals surface area contributed by atoms with Crippen LogP contribution in [0.5, 0.6) is 5.75 Å². The molecule has 0 spiro atoms. The highest BCUT2D eigenvalue weighted by Gasteiger charge is 2.39. The summed E-state index contributed by atoms with van der Waals surface area (Å²) >= 11 is 0. The zero-order valence-corrected chi connectivity index (χ0v) is 12.3. The number of carbonyl (C=O) groups excluding carboxylic acids is 2. The lowest BCUT2D eigenvalue weighted by Crippen LogP contribution is -2.44. The Morgan fingerprint density at radius 1 is 1.52 bits per heavy atom. The van der Waals surface area contributed by atoms with Crippen LogP contribution in [0, 0.1) is 18.7 Å². The highest BCUT2D eigenvalue weighted by Crippen LogP contribution is 2.20. The summed E-state index contributed by atoms with van der Waals surface area (Å²) in [7, 11) is 0. The summed E-state index contributed by atoms with van der Waals surface area (Å²) in [5.41, 5.74) is 0.431. The third kappa shape index (κ3) is 3.32. The van der Waals surface area contributed by atoms with Gasteiger partial charge in [-0.3, -0.25) is 4.79 Å². The van der Waals surface area contributed by atoms with Gasteiger partial charge < -0.3 is 9.47 Å². The van der Waals surface area contributed by atoms with Crippen molar-refractivity contribution in [2.75, 3.05) is 13.2 Å². The Balaban J connectivity index is 2.00. The first kappa shape index (κ1) is 15.3. The number of nitrogens with zero attached hydrogens (tertiary/aromatic N) is 1. The zero-order valence-electron chi connectivity index (χ0n) is 12.3. The fraction of sp³-hybridized carbons (Fsp3) is 0.467. The molecule has 2 rings (SSSR count). The number of cyclic esters (lactones) is 1. The van der Waals surface area contributed by atoms with E-state index < -0.39 is 12.0 Å². The van der Waals surface area contributed by atoms with Crippen LogP contribution in [0.1, 0.15) is 19.4 Å². The molecule has 5 nitrogen and oxygen atoms in total. The number of halogens is 1. The SMILES string of the molecule is Cc1cc(OCC(=O)N2C(=O)OCC2C(C)C)ccc1F. The van der Waals surface area contributed by atoms with Crippen molar-refractivity contribution in [3.63, 3.8) is 0 Å². The Kier molecular flexibility index (Phi) is 4.45. The number of amides is 2. The van der Waals surface area contributed by atoms with Crippen molar-refractivity contribution < 1.29 is 23.5 Å². The average molecular weight is 295 g/mol. The number of aryl methyl sites for hydroxylation is 1. The Bertz CT molecular complexity index is 559. The lowest BCUT2D eigenvalue weighted by atomic mass is 10.0. The Morgan fingerprint density at radius 3 is 2.86 bits per heavy atom. The number of hydrogen-bond donors (Lipinski definition) is 0. The second kappa shape index (κ2) is 6.11. The number of ether oxygens (including phenoxy) is 2. The average Bonchev–Trinajstić information content (AvgIpc) is 2.82. The molecule has 1 atom stereocenters. The molecule has 0 N–H and O–H groups in total. The summed E-state index contributed by atoms with van der Waals surface area (Å²) in [6.07, 6.45) is -0.641. The standard InChI is InChI=1S/C15H18FNO4/c1-9(2)13-7-21-15(19)17(13)14(18)8-20-11-4-5-12(16)10(3)6-11/h4-6,9,13H,7-8H2,1-3H3. The normalized spacial score (nSPS) is 18.0. The van der Waals surface area contributed by atoms with E-state index in [0.29, 0.717) is 11.3 Å². The fourth-order valence-corrected chi connectivity index (χ4v) is 2.14. The van der Waals surface area contributed by atoms with Gasteiger partial charge in [0.2, 0.25) is 0 Å². The first-order valence-electron chi connectivity index (χ1n) is 6.78. The summed E-state index contributed by atoms with van der Waals surface area (Å²) < 4.78 is 23.4. The maximum atomic E-state index is 13.1. The first-order valence-corrected chi connectivity index (χ1v) is 6.78. The molecule has 1 fully saturated rings. The van der Waals surface area contributed by atoms with E-state index in [4.69, 9.17) is 9.47 Å². The van der Waals surface area contributed by atoms with E-state index in [1.165, 1.54) is 18.2 Å². The molecule has 1 saturated heterocycles. The van der Waals surface area contributed by atoms with E-state index in [0.717, 1.165) is 4.90 Å². The van der Waals surface area contributed by atoms with Gasteiger partial charge in [0.05, 0.1) is 6.04 Å². The molecule has 0 aliphatic carbocycles. The van der Waals surface area contributed by atoms with Gasteiger partial charge in [-0.15, -0.1) is 0 Å². The van der Waals surface area contributed by atoms with Gasteiger partial charge in [0, 0.05) is 0 Å². The Morgan fingerprint density at radius 2 is 2.24 bits per heavy atom. The van der Waals surface area contributed by atoms with Crippen LogP contribution in [0.25, 0.3) is 0 Å². The summed E-state index contributed by atoms with van der Waals surface area (Å²) in [6, 6.07) is 3.95. The monoisotopic (exact) mass is 295 g/mol. The lowest BCUT2D eigenvalue weighted by Gasteiger charge is -2.22. The molecule has 0 aromatic heterocycles. The quantitative estimate of drug-likeness (QED) is 0.856. The highest BCUT2D eigenvalue weighted by molar-refractivity contribution is 5.94. The van der Waals surface area contributed by atoms with Gasteiger partial charge >= 0.3 is 6.09 Å². The molecular weight excluding hydrogens is 277 g/mol. The third-order valence-corrected chi connectivity index (χ3v) is 3.44. The molecule has 1 unspecified atom stereocenters. The number of carbonyl (C=O) groups is 2. The van der Waals surface area contributed by atoms with Crippen LogP contribution in [0.3, 0.4) is 0 Å². The van der Waals surface area contributed by atoms with E-state index in [1.54, 1.807) is 6.92 Å². The van der Waals surface area contributed by atoms with Crippen molar-refractivity contribution >= 4 is 12.0 Å². The minimum Gasteiger partial charge on any atom is -0.484 e. The molecular formula is C15H18FNO4. The molecule has 1 aromatic rings. The molecule has 2 amide bonds. The van der Waals surface area contributed by atoms with Gasteiger partial charge in [-0.05, 0) is 36.6 Å². The number of benzene rings is 1. The maximum absolute atomic E-state index is 13.1. The fourth-order valence-electron chi connectivity index (χ4n) is 2.14. The van der Waals surface area contributed by atoms with Crippen molar-refractivity contribution in [2.45, 2.75) is 26.8 Å². The van der Waals surface area contributed by atoms with Gasteiger partial charge in [0.25, 0.3) is 5.91 Å². The van der Waals surface area contributed by atoms with Crippen molar-refractivity contribution in [3.8, 4) is 5.75 Å². The molecule has 21 heavy (non-hydrogen) atoms. The first-order chi connectivity index (χ1) is 9.90. The van der Waals surface area contributed by atoms with E-state index in [2.05, 4.69) is 0 Å². The van der Waals surface area contributed by atoms with Crippen LogP contribution in [-0.4, -0.2) is 36.2 Å². The number of rotatable bonds is 4. The molecule has 114 valence electrons. The van der Waals surface area contributed by atoms with Gasteiger partial charge in [0.15, 0.2) is 6.61 Å². The number of imide groups is 1. The predicted octanol–water partition coefficient (Wildman–Crippen LogP) is 2.52. The Hall–Kier alpha value is -2.11. The maximum Gasteiger partial charge on any atom is 0.417 e. The molecule has 1 aliphatic heterocycles. The van der Waals surface area contributed by atoms with E-state index in [1.807, 2.05) is 13.8 Å². The van der Waals surface area contributed by atoms with Gasteiger partial charge in [-0.1, -0.05) is 13.8 Å². The van der Waals surface area contributed by atoms with E-state index in [-0.39, 0.29) is 31.0 Å². The Labute approximate surface area is 122 Å². The van der Waals surface area contributed by atoms with Crippen LogP contribution in [0.2, 0.25) is 0 Å². The van der Waals surface area contributed by atoms with Crippen molar-refractivity contribution in [1.29, 1.82) is 0 Å². The van der Waals surface area contributed by atoms with Crippen LogP contribution in [0.15, 0.2) is 18.2 Å². The summed E-state index contributed by atoms with van der Waals surface area (Å²) in [5, 5.41) is 0. The highest BCUT2D eigenvalue weighted by atomic mass is 19.1. The lowest BCUT2D eigenvalue weighted by molar-refractivity contribution is -0.131. The van der Waals surface area contributed by atoms with Gasteiger partial charge in [0.1, 0.15) is 18.2 Å². The van der Waals surface area contributed by atoms with Crippen molar-refractivity contribution in [2.24, 2.45) is 5.92 Å². The van der Waals surface area contributed by atoms with Gasteiger partial charge in [-0.25, -0.2) is 14.1 Å². The predicted molar refractivity (Wildman–Crippen MR) is 73.5 cm³/mol. The largest absolute Gasteiger partial charge is 0.484 e. The molecule has 1 heterocycles. The molecule has 1 aliphatic rings. The topological polar surface area (TPSA) is 55.8 Å². The van der Waals surface area contributed by atoms with Crippen molar-refractivity contribution in [3.05, 3.63) is 29.6 Å². The summed E-state index contributed by atoms with van der Waals surface area (Å²) in [6.45, 7) is 5.35. The van der Waals surface area contributed by atoms with Crippen molar-refractivity contribution in [1.82, 2.24) is 4.90 Å². The minimum absolute atomic E-state index is 0.105. The molecule has 6 heteroatoms. The van der Waals surface area contributed by atoms with Crippen LogP contribution in [-0.2, 0) is 9.53 Å². The second-order valence-electron chi connectivity index (χ2n) is 5.35. The third-order valence-electron chi connectivity index (χ3n) is 3.44. The van der Waals surface area contributed by atoms with Crippen LogP contribution in [0.4, 0.5) is 9.18 Å². The molecule has 0 bridgehead atoms. The summed E-state index contributed by atoms with van der Waals surface area (Å²) in [5.74, 6) is -0.306. The smallest absolute Gasteiger partial charge is 0.417 e. The molecule has 0 radical (unpaired) electrons. The van der Waals surface area contributed by atoms with E-state index >= 15 is 0 Å². The van der Waals surface area contributed by atoms with Crippen LogP contribution >= 0.6 is 0 Å².